The maximum Gasteiger partial charge on any atom is 0.274 e. The molecule has 1 N–H and O–H groups in total. The highest BCUT2D eigenvalue weighted by atomic mass is 16.5. The lowest BCUT2D eigenvalue weighted by atomic mass is 10.1. The van der Waals surface area contributed by atoms with Gasteiger partial charge >= 0.3 is 0 Å². The second-order valence-electron chi connectivity index (χ2n) is 6.09. The average Bonchev–Trinajstić information content (AvgIpc) is 2.61. The number of aromatic amines is 1. The van der Waals surface area contributed by atoms with Crippen LogP contribution in [0.5, 0.6) is 0 Å². The molecule has 4 rings (SSSR count). The van der Waals surface area contributed by atoms with Gasteiger partial charge in [0.2, 0.25) is 0 Å². The van der Waals surface area contributed by atoms with E-state index in [1.54, 1.807) is 4.90 Å². The van der Waals surface area contributed by atoms with Crippen LogP contribution in [-0.4, -0.2) is 40.2 Å². The lowest BCUT2D eigenvalue weighted by Gasteiger charge is -2.38. The number of likely N-dealkylation sites (tertiary alicyclic amines) is 1. The summed E-state index contributed by atoms with van der Waals surface area (Å²) in [6.07, 6.45) is 0.0191. The number of ether oxygens (including phenoxy) is 1. The molecular formula is C19H17N3O3. The number of amides is 1. The molecule has 6 nitrogen and oxygen atoms in total. The Morgan fingerprint density at radius 2 is 1.92 bits per heavy atom. The highest BCUT2D eigenvalue weighted by Gasteiger charge is 2.32. The molecule has 0 unspecified atom stereocenters. The summed E-state index contributed by atoms with van der Waals surface area (Å²) in [6, 6.07) is 17.1. The minimum atomic E-state index is -0.323. The highest BCUT2D eigenvalue weighted by Crippen LogP contribution is 2.21. The van der Waals surface area contributed by atoms with Gasteiger partial charge in [-0.1, -0.05) is 42.5 Å². The third-order valence-electron chi connectivity index (χ3n) is 4.39. The van der Waals surface area contributed by atoms with Crippen molar-refractivity contribution in [1.82, 2.24) is 15.1 Å². The molecule has 126 valence electrons. The van der Waals surface area contributed by atoms with Crippen LogP contribution in [0.1, 0.15) is 16.1 Å². The lowest BCUT2D eigenvalue weighted by molar-refractivity contribution is -0.0502. The minimum Gasteiger partial charge on any atom is -0.370 e. The van der Waals surface area contributed by atoms with Crippen molar-refractivity contribution < 1.29 is 9.53 Å². The Bertz CT molecular complexity index is 951. The van der Waals surface area contributed by atoms with E-state index in [0.29, 0.717) is 19.7 Å². The Hall–Kier alpha value is -2.99. The molecule has 0 bridgehead atoms. The predicted molar refractivity (Wildman–Crippen MR) is 93.3 cm³/mol. The van der Waals surface area contributed by atoms with Crippen molar-refractivity contribution in [3.05, 3.63) is 76.2 Å². The fourth-order valence-electron chi connectivity index (χ4n) is 2.96. The number of nitrogens with zero attached hydrogens (tertiary/aromatic N) is 2. The van der Waals surface area contributed by atoms with E-state index in [9.17, 15) is 9.59 Å². The Kier molecular flexibility index (Phi) is 4.03. The zero-order valence-corrected chi connectivity index (χ0v) is 13.5. The average molecular weight is 335 g/mol. The molecule has 1 saturated heterocycles. The monoisotopic (exact) mass is 335 g/mol. The van der Waals surface area contributed by atoms with Crippen molar-refractivity contribution in [2.75, 3.05) is 13.1 Å². The number of rotatable bonds is 4. The Balaban J connectivity index is 1.35. The van der Waals surface area contributed by atoms with Crippen LogP contribution in [0.4, 0.5) is 0 Å². The molecule has 25 heavy (non-hydrogen) atoms. The van der Waals surface area contributed by atoms with Crippen LogP contribution >= 0.6 is 0 Å². The van der Waals surface area contributed by atoms with Gasteiger partial charge in [0.1, 0.15) is 5.69 Å². The summed E-state index contributed by atoms with van der Waals surface area (Å²) in [5.41, 5.74) is 1.06. The molecule has 6 heteroatoms. The van der Waals surface area contributed by atoms with Crippen LogP contribution in [0.25, 0.3) is 10.8 Å². The number of carbonyl (C=O) groups excluding carboxylic acids is 1. The van der Waals surface area contributed by atoms with Crippen LogP contribution in [0.3, 0.4) is 0 Å². The van der Waals surface area contributed by atoms with Gasteiger partial charge in [-0.15, -0.1) is 0 Å². The van der Waals surface area contributed by atoms with Crippen molar-refractivity contribution >= 4 is 16.7 Å². The minimum absolute atomic E-state index is 0.0191. The molecule has 1 aliphatic rings. The van der Waals surface area contributed by atoms with Crippen molar-refractivity contribution in [2.45, 2.75) is 12.7 Å². The van der Waals surface area contributed by atoms with Gasteiger partial charge in [-0.2, -0.15) is 5.10 Å². The second kappa shape index (κ2) is 6.49. The topological polar surface area (TPSA) is 75.3 Å². The third-order valence-corrected chi connectivity index (χ3v) is 4.39. The molecule has 0 saturated carbocycles. The van der Waals surface area contributed by atoms with Crippen LogP contribution < -0.4 is 5.56 Å². The van der Waals surface area contributed by atoms with Crippen molar-refractivity contribution in [1.29, 1.82) is 0 Å². The first kappa shape index (κ1) is 15.5. The standard InChI is InChI=1S/C19H17N3O3/c23-18-9-8-17(20-21-18)19(24)22-10-15(11-22)25-12-14-6-3-5-13-4-1-2-7-16(13)14/h1-9,15H,10-12H2,(H,21,23). The lowest BCUT2D eigenvalue weighted by Crippen LogP contribution is -2.54. The number of aromatic nitrogens is 2. The number of benzene rings is 2. The van der Waals surface area contributed by atoms with Gasteiger partial charge in [0.15, 0.2) is 0 Å². The molecule has 1 fully saturated rings. The first-order chi connectivity index (χ1) is 12.2. The summed E-state index contributed by atoms with van der Waals surface area (Å²) < 4.78 is 5.94. The SMILES string of the molecule is O=C(c1ccc(=O)[nH]n1)N1CC(OCc2cccc3ccccc23)C1. The van der Waals surface area contributed by atoms with Gasteiger partial charge in [-0.3, -0.25) is 9.59 Å². The van der Waals surface area contributed by atoms with E-state index in [1.165, 1.54) is 22.9 Å². The van der Waals surface area contributed by atoms with E-state index in [2.05, 4.69) is 34.5 Å². The number of H-pyrrole nitrogens is 1. The summed E-state index contributed by atoms with van der Waals surface area (Å²) in [4.78, 5) is 24.9. The molecule has 1 aliphatic heterocycles. The molecule has 2 heterocycles. The molecule has 0 radical (unpaired) electrons. The quantitative estimate of drug-likeness (QED) is 0.791. The van der Waals surface area contributed by atoms with Gasteiger partial charge in [-0.25, -0.2) is 5.10 Å². The summed E-state index contributed by atoms with van der Waals surface area (Å²) in [5.74, 6) is -0.193. The van der Waals surface area contributed by atoms with Crippen LogP contribution in [-0.2, 0) is 11.3 Å². The first-order valence-corrected chi connectivity index (χ1v) is 8.14. The third kappa shape index (κ3) is 3.16. The Labute approximate surface area is 144 Å². The fourth-order valence-corrected chi connectivity index (χ4v) is 2.96. The van der Waals surface area contributed by atoms with Crippen molar-refractivity contribution in [2.24, 2.45) is 0 Å². The maximum absolute atomic E-state index is 12.2. The summed E-state index contributed by atoms with van der Waals surface area (Å²) >= 11 is 0. The van der Waals surface area contributed by atoms with Crippen LogP contribution in [0.2, 0.25) is 0 Å². The molecule has 0 spiro atoms. The Morgan fingerprint density at radius 1 is 1.12 bits per heavy atom. The van der Waals surface area contributed by atoms with Crippen LogP contribution in [0.15, 0.2) is 59.4 Å². The van der Waals surface area contributed by atoms with Gasteiger partial charge in [-0.05, 0) is 22.4 Å². The first-order valence-electron chi connectivity index (χ1n) is 8.14. The smallest absolute Gasteiger partial charge is 0.274 e. The van der Waals surface area contributed by atoms with Gasteiger partial charge in [0.05, 0.1) is 12.7 Å². The summed E-state index contributed by atoms with van der Waals surface area (Å²) in [6.45, 7) is 1.58. The molecule has 1 aromatic heterocycles. The van der Waals surface area contributed by atoms with Gasteiger partial charge in [0.25, 0.3) is 11.5 Å². The molecular weight excluding hydrogens is 318 g/mol. The highest BCUT2D eigenvalue weighted by molar-refractivity contribution is 5.92. The zero-order chi connectivity index (χ0) is 17.2. The van der Waals surface area contributed by atoms with Gasteiger partial charge < -0.3 is 9.64 Å². The van der Waals surface area contributed by atoms with Gasteiger partial charge in [0, 0.05) is 19.2 Å². The van der Waals surface area contributed by atoms with Crippen molar-refractivity contribution in [3.63, 3.8) is 0 Å². The number of hydrogen-bond donors (Lipinski definition) is 1. The maximum atomic E-state index is 12.2. The van der Waals surface area contributed by atoms with E-state index in [0.717, 1.165) is 5.56 Å². The second-order valence-corrected chi connectivity index (χ2v) is 6.09. The van der Waals surface area contributed by atoms with E-state index < -0.39 is 0 Å². The van der Waals surface area contributed by atoms with E-state index in [-0.39, 0.29) is 23.3 Å². The summed E-state index contributed by atoms with van der Waals surface area (Å²) in [5, 5.41) is 8.42. The number of fused-ring (bicyclic) bond motifs is 1. The molecule has 3 aromatic rings. The number of nitrogens with one attached hydrogen (secondary N) is 1. The number of hydrogen-bond acceptors (Lipinski definition) is 4. The molecule has 2 aromatic carbocycles. The largest absolute Gasteiger partial charge is 0.370 e. The fraction of sp³-hybridized carbons (Fsp3) is 0.211. The van der Waals surface area contributed by atoms with E-state index in [4.69, 9.17) is 4.74 Å². The molecule has 0 aliphatic carbocycles. The normalized spacial score (nSPS) is 14.5. The number of carbonyl (C=O) groups is 1. The van der Waals surface area contributed by atoms with Crippen molar-refractivity contribution in [3.8, 4) is 0 Å². The van der Waals surface area contributed by atoms with E-state index >= 15 is 0 Å². The zero-order valence-electron chi connectivity index (χ0n) is 13.5. The molecule has 0 atom stereocenters. The molecule has 1 amide bonds. The summed E-state index contributed by atoms with van der Waals surface area (Å²) in [7, 11) is 0. The predicted octanol–water partition coefficient (Wildman–Crippen LogP) is 1.96. The van der Waals surface area contributed by atoms with E-state index in [1.807, 2.05) is 18.2 Å². The Morgan fingerprint density at radius 3 is 2.72 bits per heavy atom. The van der Waals surface area contributed by atoms with Crippen LogP contribution in [0, 0.1) is 0 Å².